The lowest BCUT2D eigenvalue weighted by Crippen LogP contribution is -2.39. The third-order valence-electron chi connectivity index (χ3n) is 5.43. The highest BCUT2D eigenvalue weighted by Gasteiger charge is 2.44. The smallest absolute Gasteiger partial charge is 0.317 e. The molecule has 0 spiro atoms. The predicted molar refractivity (Wildman–Crippen MR) is 97.2 cm³/mol. The summed E-state index contributed by atoms with van der Waals surface area (Å²) in [5, 5.41) is 3.19. The summed E-state index contributed by atoms with van der Waals surface area (Å²) < 4.78 is 11.4. The molecular weight excluding hydrogens is 320 g/mol. The molecular formula is C19H28N2O2S. The summed E-state index contributed by atoms with van der Waals surface area (Å²) in [7, 11) is 0.875. The van der Waals surface area contributed by atoms with Crippen LogP contribution in [-0.2, 0) is 17.3 Å². The molecule has 2 fully saturated rings. The van der Waals surface area contributed by atoms with Gasteiger partial charge in [-0.1, -0.05) is 44.2 Å². The lowest BCUT2D eigenvalue weighted by Gasteiger charge is -2.22. The standard InChI is InChI=1S/C19H28N2O2S/c1-21(13-14-8-10-16(11-9-14)24(2)23)19(22)20-18-12-17(18)15-6-4-3-5-7-15/h8-11,15,17-18H,3-7,12-13H2,1-2H3,(H,20,22)/t17-,18+,24-/m1/s1. The maximum atomic E-state index is 12.4. The van der Waals surface area contributed by atoms with Gasteiger partial charge in [0.15, 0.2) is 0 Å². The largest absolute Gasteiger partial charge is 0.335 e. The number of amides is 2. The molecule has 1 aromatic rings. The van der Waals surface area contributed by atoms with E-state index in [0.29, 0.717) is 18.5 Å². The second-order valence-electron chi connectivity index (χ2n) is 7.31. The molecule has 3 atom stereocenters. The van der Waals surface area contributed by atoms with Crippen LogP contribution in [0.3, 0.4) is 0 Å². The second-order valence-corrected chi connectivity index (χ2v) is 8.69. The van der Waals surface area contributed by atoms with Gasteiger partial charge in [-0.25, -0.2) is 4.79 Å². The Morgan fingerprint density at radius 1 is 1.21 bits per heavy atom. The van der Waals surface area contributed by atoms with Crippen molar-refractivity contribution in [3.05, 3.63) is 29.8 Å². The number of urea groups is 1. The third-order valence-corrected chi connectivity index (χ3v) is 6.36. The van der Waals surface area contributed by atoms with E-state index in [1.807, 2.05) is 31.3 Å². The summed E-state index contributed by atoms with van der Waals surface area (Å²) in [6.07, 6.45) is 9.62. The Kier molecular flexibility index (Phi) is 5.59. The van der Waals surface area contributed by atoms with Gasteiger partial charge in [0.2, 0.25) is 0 Å². The number of rotatable bonds is 5. The van der Waals surface area contributed by atoms with E-state index in [1.165, 1.54) is 32.1 Å². The highest BCUT2D eigenvalue weighted by molar-refractivity contribution is 7.84. The van der Waals surface area contributed by atoms with Gasteiger partial charge in [0, 0.05) is 41.6 Å². The number of hydrogen-bond donors (Lipinski definition) is 1. The molecule has 2 saturated carbocycles. The Labute approximate surface area is 147 Å². The zero-order valence-corrected chi connectivity index (χ0v) is 15.5. The van der Waals surface area contributed by atoms with Gasteiger partial charge >= 0.3 is 6.03 Å². The molecule has 0 radical (unpaired) electrons. The average molecular weight is 349 g/mol. The lowest BCUT2D eigenvalue weighted by molar-refractivity contribution is 0.204. The van der Waals surface area contributed by atoms with Crippen LogP contribution in [0.15, 0.2) is 29.2 Å². The number of carbonyl (C=O) groups is 1. The van der Waals surface area contributed by atoms with Crippen LogP contribution in [0.2, 0.25) is 0 Å². The highest BCUT2D eigenvalue weighted by atomic mass is 32.2. The minimum Gasteiger partial charge on any atom is -0.335 e. The average Bonchev–Trinajstić information content (AvgIpc) is 3.35. The lowest BCUT2D eigenvalue weighted by atomic mass is 9.85. The van der Waals surface area contributed by atoms with Crippen molar-refractivity contribution in [2.75, 3.05) is 13.3 Å². The minimum absolute atomic E-state index is 0.0152. The van der Waals surface area contributed by atoms with Crippen LogP contribution in [0.1, 0.15) is 44.1 Å². The van der Waals surface area contributed by atoms with Crippen LogP contribution in [0.4, 0.5) is 4.79 Å². The fourth-order valence-corrected chi connectivity index (χ4v) is 4.38. The molecule has 0 heterocycles. The first-order chi connectivity index (χ1) is 11.5. The fourth-order valence-electron chi connectivity index (χ4n) is 3.86. The van der Waals surface area contributed by atoms with Gasteiger partial charge in [0.1, 0.15) is 0 Å². The van der Waals surface area contributed by atoms with Gasteiger partial charge < -0.3 is 10.2 Å². The van der Waals surface area contributed by atoms with Gasteiger partial charge in [-0.2, -0.15) is 0 Å². The van der Waals surface area contributed by atoms with E-state index < -0.39 is 10.8 Å². The number of hydrogen-bond acceptors (Lipinski definition) is 2. The van der Waals surface area contributed by atoms with Crippen molar-refractivity contribution < 1.29 is 9.00 Å². The van der Waals surface area contributed by atoms with E-state index in [4.69, 9.17) is 0 Å². The fraction of sp³-hybridized carbons (Fsp3) is 0.632. The predicted octanol–water partition coefficient (Wildman–Crippen LogP) is 3.53. The van der Waals surface area contributed by atoms with Crippen LogP contribution in [0, 0.1) is 11.8 Å². The maximum absolute atomic E-state index is 12.4. The summed E-state index contributed by atoms with van der Waals surface area (Å²) in [5.74, 6) is 1.54. The van der Waals surface area contributed by atoms with E-state index in [2.05, 4.69) is 5.32 Å². The van der Waals surface area contributed by atoms with Crippen LogP contribution < -0.4 is 5.32 Å². The van der Waals surface area contributed by atoms with Gasteiger partial charge in [0.25, 0.3) is 0 Å². The van der Waals surface area contributed by atoms with Crippen LogP contribution in [0.25, 0.3) is 0 Å². The summed E-state index contributed by atoms with van der Waals surface area (Å²) in [6, 6.07) is 8.04. The van der Waals surface area contributed by atoms with Crippen LogP contribution in [-0.4, -0.2) is 34.5 Å². The van der Waals surface area contributed by atoms with E-state index >= 15 is 0 Å². The van der Waals surface area contributed by atoms with Gasteiger partial charge in [-0.05, 0) is 36.0 Å². The zero-order chi connectivity index (χ0) is 17.1. The summed E-state index contributed by atoms with van der Waals surface area (Å²) >= 11 is 0. The molecule has 2 aliphatic rings. The number of benzene rings is 1. The molecule has 24 heavy (non-hydrogen) atoms. The summed E-state index contributed by atoms with van der Waals surface area (Å²) in [6.45, 7) is 0.573. The molecule has 1 aromatic carbocycles. The molecule has 0 bridgehead atoms. The molecule has 1 N–H and O–H groups in total. The molecule has 0 unspecified atom stereocenters. The van der Waals surface area contributed by atoms with Crippen molar-refractivity contribution >= 4 is 16.8 Å². The number of nitrogens with one attached hydrogen (secondary N) is 1. The Bertz CT molecular complexity index is 596. The van der Waals surface area contributed by atoms with Gasteiger partial charge in [0.05, 0.1) is 0 Å². The quantitative estimate of drug-likeness (QED) is 0.885. The van der Waals surface area contributed by atoms with Crippen molar-refractivity contribution in [3.8, 4) is 0 Å². The van der Waals surface area contributed by atoms with E-state index in [9.17, 15) is 9.00 Å². The monoisotopic (exact) mass is 348 g/mol. The molecule has 0 aliphatic heterocycles. The van der Waals surface area contributed by atoms with Crippen molar-refractivity contribution in [2.24, 2.45) is 11.8 Å². The Hall–Kier alpha value is -1.36. The highest BCUT2D eigenvalue weighted by Crippen LogP contribution is 2.44. The van der Waals surface area contributed by atoms with Gasteiger partial charge in [-0.15, -0.1) is 0 Å². The van der Waals surface area contributed by atoms with Gasteiger partial charge in [-0.3, -0.25) is 4.21 Å². The molecule has 0 aromatic heterocycles. The van der Waals surface area contributed by atoms with Crippen molar-refractivity contribution in [3.63, 3.8) is 0 Å². The molecule has 0 saturated heterocycles. The molecule has 132 valence electrons. The first-order valence-electron chi connectivity index (χ1n) is 8.98. The first kappa shape index (κ1) is 17.5. The maximum Gasteiger partial charge on any atom is 0.317 e. The summed E-state index contributed by atoms with van der Waals surface area (Å²) in [5.41, 5.74) is 1.06. The van der Waals surface area contributed by atoms with Crippen molar-refractivity contribution in [1.29, 1.82) is 0 Å². The normalized spacial score (nSPS) is 25.1. The van der Waals surface area contributed by atoms with E-state index in [0.717, 1.165) is 22.8 Å². The Balaban J connectivity index is 1.46. The molecule has 5 heteroatoms. The van der Waals surface area contributed by atoms with Crippen LogP contribution in [0.5, 0.6) is 0 Å². The number of nitrogens with zero attached hydrogens (tertiary/aromatic N) is 1. The second kappa shape index (κ2) is 7.68. The molecule has 4 nitrogen and oxygen atoms in total. The summed E-state index contributed by atoms with van der Waals surface area (Å²) in [4.78, 5) is 14.9. The zero-order valence-electron chi connectivity index (χ0n) is 14.7. The molecule has 2 amide bonds. The molecule has 3 rings (SSSR count). The molecule has 2 aliphatic carbocycles. The topological polar surface area (TPSA) is 49.4 Å². The Morgan fingerprint density at radius 2 is 1.88 bits per heavy atom. The Morgan fingerprint density at radius 3 is 2.50 bits per heavy atom. The van der Waals surface area contributed by atoms with E-state index in [-0.39, 0.29) is 6.03 Å². The third kappa shape index (κ3) is 4.38. The minimum atomic E-state index is -0.958. The number of carbonyl (C=O) groups excluding carboxylic acids is 1. The van der Waals surface area contributed by atoms with E-state index in [1.54, 1.807) is 11.2 Å². The SMILES string of the molecule is CN(Cc1ccc([S@@](C)=O)cc1)C(=O)N[C@H]1C[C@@H]1C1CCCCC1. The van der Waals surface area contributed by atoms with Crippen molar-refractivity contribution in [1.82, 2.24) is 10.2 Å². The first-order valence-corrected chi connectivity index (χ1v) is 10.5. The van der Waals surface area contributed by atoms with Crippen LogP contribution >= 0.6 is 0 Å². The van der Waals surface area contributed by atoms with Crippen molar-refractivity contribution in [2.45, 2.75) is 56.0 Å².